The third kappa shape index (κ3) is 2.51. The van der Waals surface area contributed by atoms with Crippen LogP contribution in [-0.4, -0.2) is 28.2 Å². The molecular weight excluding hydrogens is 172 g/mol. The van der Waals surface area contributed by atoms with Crippen LogP contribution in [0, 0.1) is 0 Å². The van der Waals surface area contributed by atoms with E-state index in [1.165, 1.54) is 7.11 Å². The summed E-state index contributed by atoms with van der Waals surface area (Å²) >= 11 is 0. The first-order valence-electron chi connectivity index (χ1n) is 4.02. The summed E-state index contributed by atoms with van der Waals surface area (Å²) in [6.45, 7) is 2.03. The van der Waals surface area contributed by atoms with Crippen LogP contribution in [0.5, 0.6) is 0 Å². The molecule has 1 heterocycles. The van der Waals surface area contributed by atoms with Gasteiger partial charge in [-0.1, -0.05) is 6.92 Å². The van der Waals surface area contributed by atoms with Crippen LogP contribution in [0.4, 0.5) is 0 Å². The van der Waals surface area contributed by atoms with Crippen molar-refractivity contribution < 1.29 is 9.63 Å². The van der Waals surface area contributed by atoms with Crippen molar-refractivity contribution in [2.75, 3.05) is 7.11 Å². The first kappa shape index (κ1) is 9.66. The molecule has 0 aliphatic carbocycles. The van der Waals surface area contributed by atoms with Gasteiger partial charge in [-0.15, -0.1) is 5.10 Å². The van der Waals surface area contributed by atoms with Gasteiger partial charge < -0.3 is 0 Å². The lowest BCUT2D eigenvalue weighted by atomic mass is 10.3. The molecule has 0 atom stereocenters. The summed E-state index contributed by atoms with van der Waals surface area (Å²) in [5.74, 6) is 0.371. The van der Waals surface area contributed by atoms with Gasteiger partial charge in [-0.25, -0.2) is 10.5 Å². The maximum absolute atomic E-state index is 11.1. The Bertz CT molecular complexity index is 284. The number of aromatic nitrogens is 3. The summed E-state index contributed by atoms with van der Waals surface area (Å²) in [7, 11) is 1.36. The molecule has 1 aromatic rings. The molecule has 0 aliphatic rings. The van der Waals surface area contributed by atoms with Gasteiger partial charge in [0, 0.05) is 6.42 Å². The highest BCUT2D eigenvalue weighted by Crippen LogP contribution is 1.95. The number of hydrogen-bond donors (Lipinski definition) is 2. The van der Waals surface area contributed by atoms with Crippen molar-refractivity contribution in [3.63, 3.8) is 0 Å². The zero-order valence-corrected chi connectivity index (χ0v) is 7.63. The van der Waals surface area contributed by atoms with Gasteiger partial charge in [-0.3, -0.25) is 14.7 Å². The minimum Gasteiger partial charge on any atom is -0.277 e. The summed E-state index contributed by atoms with van der Waals surface area (Å²) in [5, 5.41) is 6.39. The second-order valence-corrected chi connectivity index (χ2v) is 2.49. The molecule has 0 bridgehead atoms. The monoisotopic (exact) mass is 184 g/mol. The van der Waals surface area contributed by atoms with E-state index in [-0.39, 0.29) is 5.82 Å². The molecule has 0 saturated carbocycles. The number of carbonyl (C=O) groups excluding carboxylic acids is 1. The average Bonchev–Trinajstić information content (AvgIpc) is 2.54. The lowest BCUT2D eigenvalue weighted by Gasteiger charge is -1.94. The molecule has 0 spiro atoms. The third-order valence-electron chi connectivity index (χ3n) is 1.42. The Hall–Kier alpha value is -1.43. The highest BCUT2D eigenvalue weighted by atomic mass is 16.6. The van der Waals surface area contributed by atoms with Crippen LogP contribution in [0.25, 0.3) is 0 Å². The Labute approximate surface area is 75.7 Å². The van der Waals surface area contributed by atoms with Crippen LogP contribution in [0.2, 0.25) is 0 Å². The fourth-order valence-electron chi connectivity index (χ4n) is 0.884. The van der Waals surface area contributed by atoms with Crippen molar-refractivity contribution in [3.8, 4) is 0 Å². The number of nitrogens with one attached hydrogen (secondary N) is 2. The Kier molecular flexibility index (Phi) is 3.39. The molecule has 2 N–H and O–H groups in total. The second kappa shape index (κ2) is 4.56. The normalized spacial score (nSPS) is 10.0. The zero-order chi connectivity index (χ0) is 9.68. The summed E-state index contributed by atoms with van der Waals surface area (Å²) < 4.78 is 0. The lowest BCUT2D eigenvalue weighted by Crippen LogP contribution is -2.23. The summed E-state index contributed by atoms with van der Waals surface area (Å²) in [5.41, 5.74) is 2.13. The molecular formula is C7H12N4O2. The average molecular weight is 184 g/mol. The van der Waals surface area contributed by atoms with Crippen molar-refractivity contribution in [2.45, 2.75) is 19.8 Å². The Morgan fingerprint density at radius 2 is 2.46 bits per heavy atom. The maximum atomic E-state index is 11.1. The number of amides is 1. The number of rotatable bonds is 4. The van der Waals surface area contributed by atoms with E-state index in [4.69, 9.17) is 0 Å². The Morgan fingerprint density at radius 1 is 1.69 bits per heavy atom. The van der Waals surface area contributed by atoms with Gasteiger partial charge in [0.25, 0.3) is 0 Å². The van der Waals surface area contributed by atoms with E-state index >= 15 is 0 Å². The standard InChI is InChI=1S/C7H12N4O2/c1-3-4-5-8-6(10-9-5)7(12)11-13-2/h3-4H2,1-2H3,(H,11,12)(H,8,9,10). The van der Waals surface area contributed by atoms with E-state index in [1.807, 2.05) is 6.92 Å². The van der Waals surface area contributed by atoms with Gasteiger partial charge in [0.15, 0.2) is 0 Å². The summed E-state index contributed by atoms with van der Waals surface area (Å²) in [4.78, 5) is 19.5. The van der Waals surface area contributed by atoms with E-state index < -0.39 is 5.91 Å². The highest BCUT2D eigenvalue weighted by Gasteiger charge is 2.10. The van der Waals surface area contributed by atoms with E-state index in [0.717, 1.165) is 12.8 Å². The predicted molar refractivity (Wildman–Crippen MR) is 44.9 cm³/mol. The van der Waals surface area contributed by atoms with Crippen LogP contribution in [0.3, 0.4) is 0 Å². The zero-order valence-electron chi connectivity index (χ0n) is 7.63. The van der Waals surface area contributed by atoms with Crippen molar-refractivity contribution in [2.24, 2.45) is 0 Å². The van der Waals surface area contributed by atoms with Crippen LogP contribution < -0.4 is 5.48 Å². The largest absolute Gasteiger partial charge is 0.314 e. The maximum Gasteiger partial charge on any atom is 0.314 e. The van der Waals surface area contributed by atoms with E-state index in [1.54, 1.807) is 0 Å². The highest BCUT2D eigenvalue weighted by molar-refractivity contribution is 5.89. The van der Waals surface area contributed by atoms with Crippen LogP contribution >= 0.6 is 0 Å². The molecule has 1 amide bonds. The van der Waals surface area contributed by atoms with Gasteiger partial charge in [-0.2, -0.15) is 0 Å². The molecule has 0 fully saturated rings. The minimum absolute atomic E-state index is 0.102. The van der Waals surface area contributed by atoms with Gasteiger partial charge in [-0.05, 0) is 6.42 Å². The molecule has 0 unspecified atom stereocenters. The fourth-order valence-corrected chi connectivity index (χ4v) is 0.884. The molecule has 0 aliphatic heterocycles. The van der Waals surface area contributed by atoms with Crippen molar-refractivity contribution in [3.05, 3.63) is 11.6 Å². The number of aromatic amines is 1. The van der Waals surface area contributed by atoms with Crippen molar-refractivity contribution in [1.29, 1.82) is 0 Å². The fraction of sp³-hybridized carbons (Fsp3) is 0.571. The van der Waals surface area contributed by atoms with Crippen molar-refractivity contribution in [1.82, 2.24) is 20.7 Å². The predicted octanol–water partition coefficient (Wildman–Crippen LogP) is 0.0484. The number of aryl methyl sites for hydroxylation is 1. The van der Waals surface area contributed by atoms with Crippen LogP contribution in [-0.2, 0) is 11.3 Å². The molecule has 1 aromatic heterocycles. The minimum atomic E-state index is -0.443. The van der Waals surface area contributed by atoms with Gasteiger partial charge >= 0.3 is 5.91 Å². The number of nitrogens with zero attached hydrogens (tertiary/aromatic N) is 2. The van der Waals surface area contributed by atoms with Crippen molar-refractivity contribution >= 4 is 5.91 Å². The van der Waals surface area contributed by atoms with Gasteiger partial charge in [0.2, 0.25) is 5.82 Å². The lowest BCUT2D eigenvalue weighted by molar-refractivity contribution is 0.0527. The quantitative estimate of drug-likeness (QED) is 0.648. The van der Waals surface area contributed by atoms with Gasteiger partial charge in [0.05, 0.1) is 7.11 Å². The summed E-state index contributed by atoms with van der Waals surface area (Å²) in [6.07, 6.45) is 1.74. The molecule has 0 radical (unpaired) electrons. The molecule has 6 heteroatoms. The summed E-state index contributed by atoms with van der Waals surface area (Å²) in [6, 6.07) is 0. The number of carbonyl (C=O) groups is 1. The SMILES string of the molecule is CCCc1nc(C(=O)NOC)n[nH]1. The molecule has 0 saturated heterocycles. The molecule has 6 nitrogen and oxygen atoms in total. The van der Waals surface area contributed by atoms with Gasteiger partial charge in [0.1, 0.15) is 5.82 Å². The number of H-pyrrole nitrogens is 1. The topological polar surface area (TPSA) is 79.9 Å². The molecule has 1 rings (SSSR count). The molecule has 13 heavy (non-hydrogen) atoms. The second-order valence-electron chi connectivity index (χ2n) is 2.49. The third-order valence-corrected chi connectivity index (χ3v) is 1.42. The molecule has 72 valence electrons. The van der Waals surface area contributed by atoms with E-state index in [0.29, 0.717) is 5.82 Å². The first-order valence-corrected chi connectivity index (χ1v) is 4.02. The first-order chi connectivity index (χ1) is 6.27. The number of hydroxylamine groups is 1. The smallest absolute Gasteiger partial charge is 0.277 e. The number of hydrogen-bond acceptors (Lipinski definition) is 4. The van der Waals surface area contributed by atoms with E-state index in [9.17, 15) is 4.79 Å². The van der Waals surface area contributed by atoms with Crippen LogP contribution in [0.15, 0.2) is 0 Å². The van der Waals surface area contributed by atoms with Crippen LogP contribution in [0.1, 0.15) is 29.8 Å². The molecule has 0 aromatic carbocycles. The Balaban J connectivity index is 2.62. The van der Waals surface area contributed by atoms with E-state index in [2.05, 4.69) is 25.5 Å². The Morgan fingerprint density at radius 3 is 3.08 bits per heavy atom.